The topological polar surface area (TPSA) is 87.7 Å². The predicted molar refractivity (Wildman–Crippen MR) is 121 cm³/mol. The van der Waals surface area contributed by atoms with Crippen LogP contribution < -0.4 is 10.6 Å². The minimum absolute atomic E-state index is 0.0207. The van der Waals surface area contributed by atoms with Gasteiger partial charge in [-0.05, 0) is 58.8 Å². The molecule has 0 saturated heterocycles. The summed E-state index contributed by atoms with van der Waals surface area (Å²) in [5.74, 6) is -0.845. The zero-order valence-corrected chi connectivity index (χ0v) is 20.5. The first-order chi connectivity index (χ1) is 13.9. The molecule has 6 heteroatoms. The number of nitrogens with one attached hydrogen (secondary N) is 2. The van der Waals surface area contributed by atoms with Gasteiger partial charge in [0, 0.05) is 24.5 Å². The fraction of sp³-hybridized carbons (Fsp3) is 0.917. The van der Waals surface area contributed by atoms with Gasteiger partial charge in [-0.15, -0.1) is 0 Å². The summed E-state index contributed by atoms with van der Waals surface area (Å²) in [6.45, 7) is 16.8. The molecule has 0 radical (unpaired) electrons. The number of amides is 1. The van der Waals surface area contributed by atoms with Crippen LogP contribution in [0.3, 0.4) is 0 Å². The number of carbonyl (C=O) groups excluding carboxylic acids is 1. The van der Waals surface area contributed by atoms with Crippen molar-refractivity contribution in [3.8, 4) is 0 Å². The molecule has 1 rings (SSSR count). The van der Waals surface area contributed by atoms with Crippen LogP contribution in [-0.2, 0) is 14.3 Å². The van der Waals surface area contributed by atoms with Gasteiger partial charge < -0.3 is 20.5 Å². The largest absolute Gasteiger partial charge is 0.481 e. The maximum Gasteiger partial charge on any atom is 0.308 e. The van der Waals surface area contributed by atoms with E-state index >= 15 is 0 Å². The molecule has 0 heterocycles. The molecular formula is C24H46N2O4. The summed E-state index contributed by atoms with van der Waals surface area (Å²) >= 11 is 0. The van der Waals surface area contributed by atoms with Crippen LogP contribution in [0.1, 0.15) is 93.9 Å². The molecule has 1 aliphatic rings. The highest BCUT2D eigenvalue weighted by Crippen LogP contribution is 2.38. The average Bonchev–Trinajstić information content (AvgIpc) is 3.03. The maximum absolute atomic E-state index is 12.0. The van der Waals surface area contributed by atoms with Crippen molar-refractivity contribution in [3.05, 3.63) is 0 Å². The molecule has 1 saturated carbocycles. The third-order valence-electron chi connectivity index (χ3n) is 6.64. The fourth-order valence-corrected chi connectivity index (χ4v) is 5.07. The lowest BCUT2D eigenvalue weighted by Crippen LogP contribution is -2.58. The van der Waals surface area contributed by atoms with Crippen molar-refractivity contribution >= 4 is 11.9 Å². The number of hydrogen-bond acceptors (Lipinski definition) is 4. The first kappa shape index (κ1) is 26.9. The van der Waals surface area contributed by atoms with E-state index in [2.05, 4.69) is 59.1 Å². The molecule has 0 aromatic rings. The SMILES string of the molecule is CCCC(C)(C)OCC(C)(C)N[C@H]1[C@@H]([C@H](NC(C)=O)C(CC)CC)CC[C@@H]1C(=O)O. The van der Waals surface area contributed by atoms with Crippen molar-refractivity contribution in [2.45, 2.75) is 117 Å². The van der Waals surface area contributed by atoms with E-state index in [0.29, 0.717) is 18.9 Å². The molecule has 0 spiro atoms. The number of carboxylic acid groups (broad SMARTS) is 1. The van der Waals surface area contributed by atoms with Crippen molar-refractivity contribution < 1.29 is 19.4 Å². The molecule has 0 aromatic heterocycles. The highest BCUT2D eigenvalue weighted by Gasteiger charge is 2.47. The van der Waals surface area contributed by atoms with Gasteiger partial charge in [0.2, 0.25) is 5.91 Å². The second kappa shape index (κ2) is 11.5. The monoisotopic (exact) mass is 426 g/mol. The van der Waals surface area contributed by atoms with Crippen LogP contribution in [0, 0.1) is 17.8 Å². The van der Waals surface area contributed by atoms with Crippen LogP contribution in [0.4, 0.5) is 0 Å². The molecule has 0 unspecified atom stereocenters. The summed E-state index contributed by atoms with van der Waals surface area (Å²) in [5, 5.41) is 16.7. The Morgan fingerprint density at radius 2 is 1.70 bits per heavy atom. The molecule has 4 atom stereocenters. The third kappa shape index (κ3) is 7.84. The van der Waals surface area contributed by atoms with Gasteiger partial charge in [0.15, 0.2) is 0 Å². The maximum atomic E-state index is 12.0. The lowest BCUT2D eigenvalue weighted by Gasteiger charge is -2.40. The highest BCUT2D eigenvalue weighted by atomic mass is 16.5. The Morgan fingerprint density at radius 1 is 1.10 bits per heavy atom. The Labute approximate surface area is 183 Å². The van der Waals surface area contributed by atoms with E-state index in [0.717, 1.165) is 32.1 Å². The van der Waals surface area contributed by atoms with Crippen LogP contribution in [-0.4, -0.2) is 46.8 Å². The predicted octanol–water partition coefficient (Wildman–Crippen LogP) is 4.37. The smallest absolute Gasteiger partial charge is 0.308 e. The number of carbonyl (C=O) groups is 2. The van der Waals surface area contributed by atoms with Crippen molar-refractivity contribution in [2.75, 3.05) is 6.61 Å². The van der Waals surface area contributed by atoms with Gasteiger partial charge >= 0.3 is 5.97 Å². The molecule has 176 valence electrons. The van der Waals surface area contributed by atoms with Gasteiger partial charge in [0.05, 0.1) is 18.1 Å². The van der Waals surface area contributed by atoms with E-state index in [-0.39, 0.29) is 35.0 Å². The standard InChI is InChI=1S/C24H46N2O4/c1-9-14-24(7,8)30-15-23(5,6)26-21-18(12-13-19(21)22(28)29)20(25-16(4)27)17(10-2)11-3/h17-21,26H,9-15H2,1-8H3,(H,25,27)(H,28,29)/t18-,19+,20-,21+/m1/s1. The second-order valence-electron chi connectivity index (χ2n) is 10.3. The zero-order valence-electron chi connectivity index (χ0n) is 20.5. The molecule has 6 nitrogen and oxygen atoms in total. The number of aliphatic carboxylic acids is 1. The minimum atomic E-state index is -0.760. The number of carboxylic acids is 1. The number of rotatable bonds is 13. The Balaban J connectivity index is 3.08. The van der Waals surface area contributed by atoms with Crippen LogP contribution in [0.15, 0.2) is 0 Å². The van der Waals surface area contributed by atoms with Crippen LogP contribution >= 0.6 is 0 Å². The quantitative estimate of drug-likeness (QED) is 0.407. The lowest BCUT2D eigenvalue weighted by molar-refractivity contribution is -0.142. The van der Waals surface area contributed by atoms with E-state index < -0.39 is 11.9 Å². The molecule has 1 amide bonds. The van der Waals surface area contributed by atoms with E-state index in [1.807, 2.05) is 0 Å². The summed E-state index contributed by atoms with van der Waals surface area (Å²) in [6.07, 6.45) is 5.38. The molecule has 30 heavy (non-hydrogen) atoms. The molecule has 1 aliphatic carbocycles. The van der Waals surface area contributed by atoms with Crippen LogP contribution in [0.2, 0.25) is 0 Å². The molecule has 1 fully saturated rings. The minimum Gasteiger partial charge on any atom is -0.481 e. The highest BCUT2D eigenvalue weighted by molar-refractivity contribution is 5.73. The normalized spacial score (nSPS) is 23.6. The van der Waals surface area contributed by atoms with Gasteiger partial charge in [-0.3, -0.25) is 9.59 Å². The fourth-order valence-electron chi connectivity index (χ4n) is 5.07. The first-order valence-electron chi connectivity index (χ1n) is 11.8. The van der Waals surface area contributed by atoms with E-state index in [9.17, 15) is 14.7 Å². The zero-order chi connectivity index (χ0) is 23.1. The number of hydrogen-bond donors (Lipinski definition) is 3. The molecule has 3 N–H and O–H groups in total. The molecule has 0 aromatic carbocycles. The average molecular weight is 427 g/mol. The summed E-state index contributed by atoms with van der Waals surface area (Å²) in [4.78, 5) is 24.0. The molecule has 0 aliphatic heterocycles. The van der Waals surface area contributed by atoms with Crippen molar-refractivity contribution in [1.82, 2.24) is 10.6 Å². The summed E-state index contributed by atoms with van der Waals surface area (Å²) in [6, 6.07) is -0.222. The summed E-state index contributed by atoms with van der Waals surface area (Å²) < 4.78 is 6.21. The summed E-state index contributed by atoms with van der Waals surface area (Å²) in [7, 11) is 0. The van der Waals surface area contributed by atoms with Gasteiger partial charge in [-0.25, -0.2) is 0 Å². The van der Waals surface area contributed by atoms with Crippen molar-refractivity contribution in [2.24, 2.45) is 17.8 Å². The van der Waals surface area contributed by atoms with E-state index in [1.54, 1.807) is 6.92 Å². The van der Waals surface area contributed by atoms with E-state index in [1.165, 1.54) is 0 Å². The van der Waals surface area contributed by atoms with Gasteiger partial charge in [0.25, 0.3) is 0 Å². The number of ether oxygens (including phenoxy) is 1. The van der Waals surface area contributed by atoms with Gasteiger partial charge in [-0.2, -0.15) is 0 Å². The van der Waals surface area contributed by atoms with Crippen molar-refractivity contribution in [1.29, 1.82) is 0 Å². The third-order valence-corrected chi connectivity index (χ3v) is 6.64. The summed E-state index contributed by atoms with van der Waals surface area (Å²) in [5.41, 5.74) is -0.579. The van der Waals surface area contributed by atoms with Gasteiger partial charge in [0.1, 0.15) is 0 Å². The Morgan fingerprint density at radius 3 is 2.17 bits per heavy atom. The Kier molecular flexibility index (Phi) is 10.3. The Bertz CT molecular complexity index is 557. The molecule has 0 bridgehead atoms. The lowest BCUT2D eigenvalue weighted by atomic mass is 9.80. The second-order valence-corrected chi connectivity index (χ2v) is 10.3. The Hall–Kier alpha value is -1.14. The van der Waals surface area contributed by atoms with Gasteiger partial charge in [-0.1, -0.05) is 40.0 Å². The van der Waals surface area contributed by atoms with Crippen LogP contribution in [0.5, 0.6) is 0 Å². The first-order valence-corrected chi connectivity index (χ1v) is 11.8. The van der Waals surface area contributed by atoms with Crippen LogP contribution in [0.25, 0.3) is 0 Å². The molecular weight excluding hydrogens is 380 g/mol. The van der Waals surface area contributed by atoms with E-state index in [4.69, 9.17) is 4.74 Å². The van der Waals surface area contributed by atoms with Crippen molar-refractivity contribution in [3.63, 3.8) is 0 Å².